The van der Waals surface area contributed by atoms with Crippen LogP contribution in [0, 0.1) is 5.82 Å². The molecule has 0 saturated heterocycles. The first-order valence-electron chi connectivity index (χ1n) is 8.91. The van der Waals surface area contributed by atoms with Crippen molar-refractivity contribution in [3.05, 3.63) is 70.7 Å². The molecule has 7 heteroatoms. The summed E-state index contributed by atoms with van der Waals surface area (Å²) in [4.78, 5) is 29.4. The van der Waals surface area contributed by atoms with Crippen LogP contribution in [0.3, 0.4) is 0 Å². The molecule has 3 aromatic rings. The second-order valence-electron chi connectivity index (χ2n) is 7.52. The number of carbonyl (C=O) groups is 1. The highest BCUT2D eigenvalue weighted by atomic mass is 19.1. The summed E-state index contributed by atoms with van der Waals surface area (Å²) >= 11 is 0. The number of pyridine rings is 2. The van der Waals surface area contributed by atoms with Crippen LogP contribution in [0.1, 0.15) is 39.4 Å². The van der Waals surface area contributed by atoms with Crippen molar-refractivity contribution in [2.75, 3.05) is 0 Å². The molecular formula is C21H22FN3O3. The number of benzene rings is 1. The molecule has 0 aliphatic carbocycles. The van der Waals surface area contributed by atoms with Crippen LogP contribution >= 0.6 is 0 Å². The summed E-state index contributed by atoms with van der Waals surface area (Å²) in [5.74, 6) is -0.491. The van der Waals surface area contributed by atoms with E-state index in [0.29, 0.717) is 16.8 Å². The third-order valence-corrected chi connectivity index (χ3v) is 4.09. The first kappa shape index (κ1) is 19.5. The van der Waals surface area contributed by atoms with E-state index < -0.39 is 29.1 Å². The molecule has 3 rings (SSSR count). The summed E-state index contributed by atoms with van der Waals surface area (Å²) in [6, 6.07) is 8.69. The summed E-state index contributed by atoms with van der Waals surface area (Å²) in [5.41, 5.74) is 0.0144. The standard InChI is InChI=1S/C21H22FN3O3/c1-13(24-20(27)28-21(2,3)4)18-10-14-7-8-15(22)11-17(14)19(26)25(18)16-6-5-9-23-12-16/h5-13H,1-4H3,(H,24,27)/t13-/m0/s1. The molecule has 2 aromatic heterocycles. The van der Waals surface area contributed by atoms with Gasteiger partial charge in [-0.3, -0.25) is 14.3 Å². The number of fused-ring (bicyclic) bond motifs is 1. The number of nitrogens with one attached hydrogen (secondary N) is 1. The smallest absolute Gasteiger partial charge is 0.408 e. The molecule has 1 atom stereocenters. The topological polar surface area (TPSA) is 73.2 Å². The fourth-order valence-corrected chi connectivity index (χ4v) is 2.93. The van der Waals surface area contributed by atoms with Crippen molar-refractivity contribution < 1.29 is 13.9 Å². The van der Waals surface area contributed by atoms with Crippen molar-refractivity contribution in [3.63, 3.8) is 0 Å². The van der Waals surface area contributed by atoms with Crippen LogP contribution in [-0.4, -0.2) is 21.2 Å². The quantitative estimate of drug-likeness (QED) is 0.739. The lowest BCUT2D eigenvalue weighted by atomic mass is 10.1. The predicted molar refractivity (Wildman–Crippen MR) is 105 cm³/mol. The van der Waals surface area contributed by atoms with Gasteiger partial charge in [-0.05, 0) is 63.4 Å². The summed E-state index contributed by atoms with van der Waals surface area (Å²) in [6.45, 7) is 7.06. The van der Waals surface area contributed by atoms with E-state index in [1.54, 1.807) is 58.2 Å². The van der Waals surface area contributed by atoms with Crippen LogP contribution in [-0.2, 0) is 4.74 Å². The normalized spacial score (nSPS) is 12.6. The fraction of sp³-hybridized carbons (Fsp3) is 0.286. The number of halogens is 1. The molecule has 0 spiro atoms. The van der Waals surface area contributed by atoms with Crippen molar-refractivity contribution >= 4 is 16.9 Å². The van der Waals surface area contributed by atoms with Gasteiger partial charge in [-0.15, -0.1) is 0 Å². The maximum absolute atomic E-state index is 13.7. The second kappa shape index (κ2) is 7.42. The van der Waals surface area contributed by atoms with Gasteiger partial charge in [0.2, 0.25) is 0 Å². The van der Waals surface area contributed by atoms with Crippen LogP contribution < -0.4 is 10.9 Å². The molecule has 0 radical (unpaired) electrons. The number of nitrogens with zero attached hydrogens (tertiary/aromatic N) is 2. The van der Waals surface area contributed by atoms with Crippen molar-refractivity contribution in [3.8, 4) is 5.69 Å². The summed E-state index contributed by atoms with van der Waals surface area (Å²) in [6.07, 6.45) is 2.54. The predicted octanol–water partition coefficient (Wildman–Crippen LogP) is 4.11. The van der Waals surface area contributed by atoms with Crippen molar-refractivity contribution in [1.82, 2.24) is 14.9 Å². The molecule has 0 bridgehead atoms. The molecule has 0 unspecified atom stereocenters. The van der Waals surface area contributed by atoms with Gasteiger partial charge in [0, 0.05) is 11.9 Å². The van der Waals surface area contributed by atoms with Gasteiger partial charge in [-0.25, -0.2) is 9.18 Å². The molecule has 0 saturated carbocycles. The number of ether oxygens (including phenoxy) is 1. The van der Waals surface area contributed by atoms with Crippen LogP contribution in [0.4, 0.5) is 9.18 Å². The van der Waals surface area contributed by atoms with Crippen LogP contribution in [0.2, 0.25) is 0 Å². The highest BCUT2D eigenvalue weighted by molar-refractivity contribution is 5.82. The van der Waals surface area contributed by atoms with E-state index >= 15 is 0 Å². The van der Waals surface area contributed by atoms with Gasteiger partial charge < -0.3 is 10.1 Å². The molecule has 28 heavy (non-hydrogen) atoms. The average molecular weight is 383 g/mol. The minimum Gasteiger partial charge on any atom is -0.444 e. The molecule has 1 N–H and O–H groups in total. The van der Waals surface area contributed by atoms with E-state index in [1.807, 2.05) is 0 Å². The van der Waals surface area contributed by atoms with Gasteiger partial charge in [-0.2, -0.15) is 0 Å². The summed E-state index contributed by atoms with van der Waals surface area (Å²) in [7, 11) is 0. The summed E-state index contributed by atoms with van der Waals surface area (Å²) < 4.78 is 20.4. The molecule has 0 aliphatic heterocycles. The Morgan fingerprint density at radius 1 is 1.25 bits per heavy atom. The number of alkyl carbamates (subject to hydrolysis) is 1. The van der Waals surface area contributed by atoms with E-state index in [0.717, 1.165) is 0 Å². The Kier molecular flexibility index (Phi) is 5.18. The first-order chi connectivity index (χ1) is 13.2. The summed E-state index contributed by atoms with van der Waals surface area (Å²) in [5, 5.41) is 3.58. The van der Waals surface area contributed by atoms with Gasteiger partial charge in [0.25, 0.3) is 5.56 Å². The van der Waals surface area contributed by atoms with Crippen molar-refractivity contribution in [1.29, 1.82) is 0 Å². The zero-order chi connectivity index (χ0) is 20.5. The lowest BCUT2D eigenvalue weighted by molar-refractivity contribution is 0.0506. The molecule has 0 aliphatic rings. The van der Waals surface area contributed by atoms with E-state index in [2.05, 4.69) is 10.3 Å². The Morgan fingerprint density at radius 3 is 2.64 bits per heavy atom. The van der Waals surface area contributed by atoms with E-state index in [9.17, 15) is 14.0 Å². The van der Waals surface area contributed by atoms with Crippen LogP contribution in [0.5, 0.6) is 0 Å². The Balaban J connectivity index is 2.14. The Morgan fingerprint density at radius 2 is 2.00 bits per heavy atom. The maximum Gasteiger partial charge on any atom is 0.408 e. The molecule has 2 heterocycles. The Bertz CT molecular complexity index is 1070. The lowest BCUT2D eigenvalue weighted by Crippen LogP contribution is -2.36. The number of rotatable bonds is 3. The van der Waals surface area contributed by atoms with Crippen molar-refractivity contribution in [2.24, 2.45) is 0 Å². The largest absolute Gasteiger partial charge is 0.444 e. The number of amides is 1. The molecular weight excluding hydrogens is 361 g/mol. The van der Waals surface area contributed by atoms with E-state index in [1.165, 1.54) is 22.9 Å². The molecule has 1 amide bonds. The van der Waals surface area contributed by atoms with Gasteiger partial charge in [0.1, 0.15) is 11.4 Å². The SMILES string of the molecule is C[C@H](NC(=O)OC(C)(C)C)c1cc2ccc(F)cc2c(=O)n1-c1cccnc1. The molecule has 1 aromatic carbocycles. The van der Waals surface area contributed by atoms with Gasteiger partial charge >= 0.3 is 6.09 Å². The average Bonchev–Trinajstić information content (AvgIpc) is 2.61. The van der Waals surface area contributed by atoms with Gasteiger partial charge in [0.05, 0.1) is 23.3 Å². The number of hydrogen-bond donors (Lipinski definition) is 1. The Hall–Kier alpha value is -3.22. The highest BCUT2D eigenvalue weighted by Crippen LogP contribution is 2.22. The number of aromatic nitrogens is 2. The lowest BCUT2D eigenvalue weighted by Gasteiger charge is -2.24. The number of carbonyl (C=O) groups excluding carboxylic acids is 1. The number of hydrogen-bond acceptors (Lipinski definition) is 4. The first-order valence-corrected chi connectivity index (χ1v) is 8.91. The molecule has 0 fully saturated rings. The fourth-order valence-electron chi connectivity index (χ4n) is 2.93. The second-order valence-corrected chi connectivity index (χ2v) is 7.52. The van der Waals surface area contributed by atoms with Crippen molar-refractivity contribution in [2.45, 2.75) is 39.3 Å². The minimum absolute atomic E-state index is 0.247. The van der Waals surface area contributed by atoms with Crippen LogP contribution in [0.15, 0.2) is 53.6 Å². The van der Waals surface area contributed by atoms with E-state index in [-0.39, 0.29) is 5.39 Å². The zero-order valence-corrected chi connectivity index (χ0v) is 16.2. The maximum atomic E-state index is 13.7. The van der Waals surface area contributed by atoms with Crippen LogP contribution in [0.25, 0.3) is 16.5 Å². The Labute approximate surface area is 162 Å². The minimum atomic E-state index is -0.645. The molecule has 146 valence electrons. The highest BCUT2D eigenvalue weighted by Gasteiger charge is 2.21. The monoisotopic (exact) mass is 383 g/mol. The van der Waals surface area contributed by atoms with Gasteiger partial charge in [0.15, 0.2) is 0 Å². The van der Waals surface area contributed by atoms with E-state index in [4.69, 9.17) is 4.74 Å². The van der Waals surface area contributed by atoms with Gasteiger partial charge in [-0.1, -0.05) is 6.07 Å². The third-order valence-electron chi connectivity index (χ3n) is 4.09. The third kappa shape index (κ3) is 4.19. The zero-order valence-electron chi connectivity index (χ0n) is 16.2. The molecule has 6 nitrogen and oxygen atoms in total.